The molecule has 0 bridgehead atoms. The maximum Gasteiger partial charge on any atom is 0.0994 e. The Morgan fingerprint density at radius 3 is 2.60 bits per heavy atom. The summed E-state index contributed by atoms with van der Waals surface area (Å²) in [6.45, 7) is 2.10. The topological polar surface area (TPSA) is 76.0 Å². The van der Waals surface area contributed by atoms with Gasteiger partial charge in [-0.3, -0.25) is 4.90 Å². The molecular weight excluding hydrogens is 256 g/mol. The normalized spacial score (nSPS) is 37.9. The van der Waals surface area contributed by atoms with Crippen molar-refractivity contribution in [3.8, 4) is 0 Å². The predicted molar refractivity (Wildman–Crippen MR) is 75.1 cm³/mol. The third-order valence-electron chi connectivity index (χ3n) is 4.48. The van der Waals surface area contributed by atoms with E-state index in [0.29, 0.717) is 19.5 Å². The van der Waals surface area contributed by atoms with E-state index in [1.54, 1.807) is 0 Å². The number of fused-ring (bicyclic) bond motifs is 1. The molecule has 110 valence electrons. The zero-order valence-electron chi connectivity index (χ0n) is 11.4. The van der Waals surface area contributed by atoms with Crippen LogP contribution in [-0.4, -0.2) is 63.7 Å². The average molecular weight is 278 g/mol. The lowest BCUT2D eigenvalue weighted by molar-refractivity contribution is -0.102. The van der Waals surface area contributed by atoms with Crippen LogP contribution in [0.15, 0.2) is 30.3 Å². The minimum atomic E-state index is -0.894. The van der Waals surface area contributed by atoms with Crippen molar-refractivity contribution in [2.24, 2.45) is 0 Å². The van der Waals surface area contributed by atoms with Gasteiger partial charge >= 0.3 is 0 Å². The van der Waals surface area contributed by atoms with E-state index in [1.165, 1.54) is 0 Å². The number of aliphatic hydroxyl groups excluding tert-OH is 3. The van der Waals surface area contributed by atoms with Crippen LogP contribution in [0, 0.1) is 0 Å². The summed E-state index contributed by atoms with van der Waals surface area (Å²) in [5.41, 5.74) is 1.15. The standard InChI is InChI=1S/C15H22N2O3/c18-12-6-7-17-9-11(14(19)15(20)13(12)17)16-8-10-4-2-1-3-5-10/h1-5,11-16,18-20H,6-9H2/t11?,12?,13-,14-,15-/m1/s1. The number of nitrogens with zero attached hydrogens (tertiary/aromatic N) is 1. The molecule has 2 heterocycles. The van der Waals surface area contributed by atoms with Gasteiger partial charge in [-0.05, 0) is 12.0 Å². The van der Waals surface area contributed by atoms with E-state index >= 15 is 0 Å². The first-order valence-corrected chi connectivity index (χ1v) is 7.22. The molecule has 2 unspecified atom stereocenters. The maximum absolute atomic E-state index is 10.2. The number of nitrogens with one attached hydrogen (secondary N) is 1. The monoisotopic (exact) mass is 278 g/mol. The zero-order valence-corrected chi connectivity index (χ0v) is 11.4. The number of rotatable bonds is 3. The van der Waals surface area contributed by atoms with Gasteiger partial charge in [0.15, 0.2) is 0 Å². The first-order chi connectivity index (χ1) is 9.66. The van der Waals surface area contributed by atoms with E-state index < -0.39 is 18.3 Å². The van der Waals surface area contributed by atoms with Crippen molar-refractivity contribution < 1.29 is 15.3 Å². The molecule has 5 heteroatoms. The van der Waals surface area contributed by atoms with Gasteiger partial charge in [0.1, 0.15) is 0 Å². The second kappa shape index (κ2) is 5.79. The van der Waals surface area contributed by atoms with Crippen LogP contribution < -0.4 is 5.32 Å². The minimum Gasteiger partial charge on any atom is -0.391 e. The molecule has 2 saturated heterocycles. The van der Waals surface area contributed by atoms with Gasteiger partial charge in [0, 0.05) is 25.7 Å². The third-order valence-corrected chi connectivity index (χ3v) is 4.48. The fourth-order valence-corrected chi connectivity index (χ4v) is 3.35. The number of hydrogen-bond acceptors (Lipinski definition) is 5. The van der Waals surface area contributed by atoms with E-state index in [0.717, 1.165) is 12.1 Å². The SMILES string of the molecule is OC1CCN2CC(NCc3ccccc3)[C@@H](O)[C@H](O)[C@@H]12. The zero-order chi connectivity index (χ0) is 14.1. The molecule has 0 amide bonds. The quantitative estimate of drug-likeness (QED) is 0.589. The van der Waals surface area contributed by atoms with Crippen LogP contribution >= 0.6 is 0 Å². The molecule has 2 aliphatic rings. The summed E-state index contributed by atoms with van der Waals surface area (Å²) in [5.74, 6) is 0. The molecule has 4 N–H and O–H groups in total. The Morgan fingerprint density at radius 1 is 1.10 bits per heavy atom. The molecule has 0 aromatic heterocycles. The van der Waals surface area contributed by atoms with Crippen molar-refractivity contribution in [2.45, 2.75) is 43.4 Å². The van der Waals surface area contributed by atoms with E-state index in [4.69, 9.17) is 0 Å². The fraction of sp³-hybridized carbons (Fsp3) is 0.600. The Morgan fingerprint density at radius 2 is 1.85 bits per heavy atom. The molecule has 0 spiro atoms. The summed E-state index contributed by atoms with van der Waals surface area (Å²) in [6.07, 6.45) is -1.60. The van der Waals surface area contributed by atoms with Gasteiger partial charge in [-0.1, -0.05) is 30.3 Å². The lowest BCUT2D eigenvalue weighted by Crippen LogP contribution is -2.64. The van der Waals surface area contributed by atoms with Crippen molar-refractivity contribution >= 4 is 0 Å². The Kier molecular flexibility index (Phi) is 4.05. The average Bonchev–Trinajstić information content (AvgIpc) is 2.84. The molecular formula is C15H22N2O3. The van der Waals surface area contributed by atoms with Crippen LogP contribution in [0.2, 0.25) is 0 Å². The number of benzene rings is 1. The van der Waals surface area contributed by atoms with Crippen molar-refractivity contribution in [3.63, 3.8) is 0 Å². The summed E-state index contributed by atoms with van der Waals surface area (Å²) in [6, 6.07) is 9.50. The maximum atomic E-state index is 10.2. The van der Waals surface area contributed by atoms with E-state index in [-0.39, 0.29) is 12.1 Å². The minimum absolute atomic E-state index is 0.174. The van der Waals surface area contributed by atoms with Crippen LogP contribution in [0.1, 0.15) is 12.0 Å². The molecule has 2 aliphatic heterocycles. The lowest BCUT2D eigenvalue weighted by atomic mass is 9.91. The van der Waals surface area contributed by atoms with E-state index in [1.807, 2.05) is 30.3 Å². The molecule has 20 heavy (non-hydrogen) atoms. The smallest absolute Gasteiger partial charge is 0.0994 e. The van der Waals surface area contributed by atoms with Gasteiger partial charge in [0.05, 0.1) is 24.4 Å². The van der Waals surface area contributed by atoms with Crippen LogP contribution in [0.3, 0.4) is 0 Å². The van der Waals surface area contributed by atoms with Gasteiger partial charge in [0.2, 0.25) is 0 Å². The van der Waals surface area contributed by atoms with Crippen LogP contribution in [-0.2, 0) is 6.54 Å². The van der Waals surface area contributed by atoms with Gasteiger partial charge in [-0.15, -0.1) is 0 Å². The largest absolute Gasteiger partial charge is 0.391 e. The lowest BCUT2D eigenvalue weighted by Gasteiger charge is -2.43. The highest BCUT2D eigenvalue weighted by molar-refractivity contribution is 5.15. The Balaban J connectivity index is 1.63. The first kappa shape index (κ1) is 14.0. The molecule has 0 aliphatic carbocycles. The Labute approximate surface area is 118 Å². The molecule has 3 rings (SSSR count). The summed E-state index contributed by atoms with van der Waals surface area (Å²) < 4.78 is 0. The molecule has 1 aromatic carbocycles. The van der Waals surface area contributed by atoms with Crippen LogP contribution in [0.4, 0.5) is 0 Å². The van der Waals surface area contributed by atoms with Gasteiger partial charge in [-0.25, -0.2) is 0 Å². The number of aliphatic hydroxyl groups is 3. The first-order valence-electron chi connectivity index (χ1n) is 7.22. The third kappa shape index (κ3) is 2.60. The van der Waals surface area contributed by atoms with Crippen molar-refractivity contribution in [1.82, 2.24) is 10.2 Å². The van der Waals surface area contributed by atoms with E-state index in [2.05, 4.69) is 10.2 Å². The van der Waals surface area contributed by atoms with Crippen molar-refractivity contribution in [2.75, 3.05) is 13.1 Å². The van der Waals surface area contributed by atoms with Gasteiger partial charge in [0.25, 0.3) is 0 Å². The molecule has 5 atom stereocenters. The molecule has 0 radical (unpaired) electrons. The summed E-state index contributed by atoms with van der Waals surface area (Å²) in [4.78, 5) is 2.07. The second-order valence-corrected chi connectivity index (χ2v) is 5.80. The highest BCUT2D eigenvalue weighted by atomic mass is 16.3. The van der Waals surface area contributed by atoms with Gasteiger partial charge < -0.3 is 20.6 Å². The molecule has 0 saturated carbocycles. The second-order valence-electron chi connectivity index (χ2n) is 5.80. The Bertz CT molecular complexity index is 442. The summed E-state index contributed by atoms with van der Waals surface area (Å²) in [5, 5.41) is 33.6. The fourth-order valence-electron chi connectivity index (χ4n) is 3.35. The molecule has 2 fully saturated rings. The molecule has 1 aromatic rings. The summed E-state index contributed by atoms with van der Waals surface area (Å²) in [7, 11) is 0. The van der Waals surface area contributed by atoms with Crippen LogP contribution in [0.5, 0.6) is 0 Å². The highest BCUT2D eigenvalue weighted by Gasteiger charge is 2.47. The number of hydrogen-bond donors (Lipinski definition) is 4. The highest BCUT2D eigenvalue weighted by Crippen LogP contribution is 2.28. The van der Waals surface area contributed by atoms with Gasteiger partial charge in [-0.2, -0.15) is 0 Å². The predicted octanol–water partition coefficient (Wildman–Crippen LogP) is -0.685. The summed E-state index contributed by atoms with van der Waals surface area (Å²) >= 11 is 0. The Hall–Kier alpha value is -0.980. The molecule has 5 nitrogen and oxygen atoms in total. The van der Waals surface area contributed by atoms with E-state index in [9.17, 15) is 15.3 Å². The van der Waals surface area contributed by atoms with Crippen molar-refractivity contribution in [3.05, 3.63) is 35.9 Å². The van der Waals surface area contributed by atoms with Crippen LogP contribution in [0.25, 0.3) is 0 Å². The number of piperidine rings is 1. The van der Waals surface area contributed by atoms with Crippen molar-refractivity contribution in [1.29, 1.82) is 0 Å².